The highest BCUT2D eigenvalue weighted by molar-refractivity contribution is 5.73. The van der Waals surface area contributed by atoms with Crippen LogP contribution in [-0.4, -0.2) is 38.5 Å². The molecule has 0 N–H and O–H groups in total. The summed E-state index contributed by atoms with van der Waals surface area (Å²) < 4.78 is 22.4. The summed E-state index contributed by atoms with van der Waals surface area (Å²) in [7, 11) is 1.39. The zero-order chi connectivity index (χ0) is 17.5. The molecule has 0 saturated carbocycles. The van der Waals surface area contributed by atoms with Crippen molar-refractivity contribution in [3.05, 3.63) is 60.7 Å². The van der Waals surface area contributed by atoms with Gasteiger partial charge in [0.15, 0.2) is 0 Å². The van der Waals surface area contributed by atoms with E-state index in [9.17, 15) is 4.79 Å². The molecule has 0 bridgehead atoms. The van der Waals surface area contributed by atoms with Crippen molar-refractivity contribution >= 4 is 5.97 Å². The van der Waals surface area contributed by atoms with Gasteiger partial charge < -0.3 is 18.9 Å². The second-order valence-electron chi connectivity index (χ2n) is 5.91. The Morgan fingerprint density at radius 2 is 1.52 bits per heavy atom. The maximum absolute atomic E-state index is 12.1. The van der Waals surface area contributed by atoms with Gasteiger partial charge >= 0.3 is 5.97 Å². The number of ether oxygens (including phenoxy) is 4. The molecule has 0 spiro atoms. The number of hydrogen-bond donors (Lipinski definition) is 0. The Kier molecular flexibility index (Phi) is 5.90. The first-order chi connectivity index (χ1) is 12.3. The molecule has 1 heterocycles. The first kappa shape index (κ1) is 17.3. The van der Waals surface area contributed by atoms with E-state index in [2.05, 4.69) is 0 Å². The minimum atomic E-state index is -0.350. The van der Waals surface area contributed by atoms with Gasteiger partial charge in [0.2, 0.25) is 0 Å². The summed E-state index contributed by atoms with van der Waals surface area (Å²) >= 11 is 0. The van der Waals surface area contributed by atoms with Crippen molar-refractivity contribution in [1.29, 1.82) is 0 Å². The molecular weight excluding hydrogens is 320 g/mol. The summed E-state index contributed by atoms with van der Waals surface area (Å²) in [5.74, 6) is 0.908. The van der Waals surface area contributed by atoms with Gasteiger partial charge in [-0.3, -0.25) is 4.79 Å². The lowest BCUT2D eigenvalue weighted by Gasteiger charge is -2.17. The molecule has 3 atom stereocenters. The zero-order valence-corrected chi connectivity index (χ0v) is 14.2. The van der Waals surface area contributed by atoms with Gasteiger partial charge in [0.25, 0.3) is 0 Å². The standard InChI is InChI=1S/C20H22O5/c1-22-20(21)18-12-17(13-23-15-8-4-2-5-9-15)25-19(18)14-24-16-10-6-3-7-11-16/h2-11,17-19H,12-14H2,1H3/t17-,18+,19-/m1/s1. The number of esters is 1. The first-order valence-corrected chi connectivity index (χ1v) is 8.35. The largest absolute Gasteiger partial charge is 0.491 e. The molecule has 0 unspecified atom stereocenters. The molecule has 5 nitrogen and oxygen atoms in total. The maximum atomic E-state index is 12.1. The van der Waals surface area contributed by atoms with E-state index in [0.717, 1.165) is 11.5 Å². The van der Waals surface area contributed by atoms with E-state index in [1.165, 1.54) is 7.11 Å². The third kappa shape index (κ3) is 4.73. The van der Waals surface area contributed by atoms with Crippen molar-refractivity contribution in [3.8, 4) is 11.5 Å². The van der Waals surface area contributed by atoms with Crippen LogP contribution < -0.4 is 9.47 Å². The lowest BCUT2D eigenvalue weighted by atomic mass is 10.00. The second-order valence-corrected chi connectivity index (χ2v) is 5.91. The first-order valence-electron chi connectivity index (χ1n) is 8.35. The normalized spacial score (nSPS) is 22.4. The summed E-state index contributed by atoms with van der Waals surface area (Å²) in [5, 5.41) is 0. The monoisotopic (exact) mass is 342 g/mol. The maximum Gasteiger partial charge on any atom is 0.311 e. The quantitative estimate of drug-likeness (QED) is 0.724. The molecule has 2 aromatic carbocycles. The molecule has 5 heteroatoms. The number of carbonyl (C=O) groups is 1. The van der Waals surface area contributed by atoms with Gasteiger partial charge in [-0.25, -0.2) is 0 Å². The number of benzene rings is 2. The van der Waals surface area contributed by atoms with E-state index in [4.69, 9.17) is 18.9 Å². The highest BCUT2D eigenvalue weighted by atomic mass is 16.6. The summed E-state index contributed by atoms with van der Waals surface area (Å²) in [6.45, 7) is 0.685. The Labute approximate surface area is 147 Å². The van der Waals surface area contributed by atoms with Gasteiger partial charge in [-0.15, -0.1) is 0 Å². The lowest BCUT2D eigenvalue weighted by Crippen LogP contribution is -2.30. The number of carbonyl (C=O) groups excluding carboxylic acids is 1. The van der Waals surface area contributed by atoms with Crippen LogP contribution in [0.4, 0.5) is 0 Å². The van der Waals surface area contributed by atoms with Crippen LogP contribution in [0.5, 0.6) is 11.5 Å². The molecule has 1 saturated heterocycles. The molecule has 1 aliphatic rings. The fraction of sp³-hybridized carbons (Fsp3) is 0.350. The smallest absolute Gasteiger partial charge is 0.311 e. The molecule has 1 aliphatic heterocycles. The van der Waals surface area contributed by atoms with Gasteiger partial charge in [-0.1, -0.05) is 36.4 Å². The fourth-order valence-corrected chi connectivity index (χ4v) is 2.90. The van der Waals surface area contributed by atoms with Crippen LogP contribution in [-0.2, 0) is 14.3 Å². The van der Waals surface area contributed by atoms with Crippen LogP contribution >= 0.6 is 0 Å². The van der Waals surface area contributed by atoms with Gasteiger partial charge in [-0.05, 0) is 30.7 Å². The van der Waals surface area contributed by atoms with Crippen molar-refractivity contribution in [3.63, 3.8) is 0 Å². The van der Waals surface area contributed by atoms with E-state index in [1.807, 2.05) is 60.7 Å². The lowest BCUT2D eigenvalue weighted by molar-refractivity contribution is -0.148. The van der Waals surface area contributed by atoms with Crippen LogP contribution in [0.1, 0.15) is 6.42 Å². The van der Waals surface area contributed by atoms with Gasteiger partial charge in [0, 0.05) is 0 Å². The number of hydrogen-bond acceptors (Lipinski definition) is 5. The summed E-state index contributed by atoms with van der Waals surface area (Å²) in [6.07, 6.45) is 0.0354. The van der Waals surface area contributed by atoms with E-state index in [-0.39, 0.29) is 24.1 Å². The van der Waals surface area contributed by atoms with Crippen molar-refractivity contribution in [2.24, 2.45) is 5.92 Å². The van der Waals surface area contributed by atoms with Crippen LogP contribution in [0, 0.1) is 5.92 Å². The third-order valence-electron chi connectivity index (χ3n) is 4.17. The molecule has 1 fully saturated rings. The SMILES string of the molecule is COC(=O)[C@H]1C[C@H](COc2ccccc2)O[C@@H]1COc1ccccc1. The predicted molar refractivity (Wildman–Crippen MR) is 92.7 cm³/mol. The van der Waals surface area contributed by atoms with Crippen molar-refractivity contribution in [2.45, 2.75) is 18.6 Å². The Morgan fingerprint density at radius 1 is 0.960 bits per heavy atom. The van der Waals surface area contributed by atoms with Gasteiger partial charge in [0.05, 0.1) is 19.1 Å². The summed E-state index contributed by atoms with van der Waals surface area (Å²) in [5.41, 5.74) is 0. The highest BCUT2D eigenvalue weighted by Gasteiger charge is 2.41. The van der Waals surface area contributed by atoms with Crippen LogP contribution in [0.2, 0.25) is 0 Å². The minimum absolute atomic E-state index is 0.173. The molecule has 0 aromatic heterocycles. The molecular formula is C20H22O5. The van der Waals surface area contributed by atoms with Crippen molar-refractivity contribution < 1.29 is 23.7 Å². The topological polar surface area (TPSA) is 54.0 Å². The average molecular weight is 342 g/mol. The zero-order valence-electron chi connectivity index (χ0n) is 14.2. The van der Waals surface area contributed by atoms with Crippen LogP contribution in [0.25, 0.3) is 0 Å². The molecule has 0 radical (unpaired) electrons. The Hall–Kier alpha value is -2.53. The number of methoxy groups -OCH3 is 1. The van der Waals surface area contributed by atoms with Crippen LogP contribution in [0.3, 0.4) is 0 Å². The fourth-order valence-electron chi connectivity index (χ4n) is 2.90. The average Bonchev–Trinajstić information content (AvgIpc) is 3.09. The van der Waals surface area contributed by atoms with E-state index in [0.29, 0.717) is 19.6 Å². The van der Waals surface area contributed by atoms with Gasteiger partial charge in [-0.2, -0.15) is 0 Å². The minimum Gasteiger partial charge on any atom is -0.491 e. The molecule has 0 aliphatic carbocycles. The summed E-state index contributed by atoms with van der Waals surface area (Å²) in [4.78, 5) is 12.1. The number of rotatable bonds is 7. The van der Waals surface area contributed by atoms with Gasteiger partial charge in [0.1, 0.15) is 30.8 Å². The van der Waals surface area contributed by atoms with Crippen molar-refractivity contribution in [2.75, 3.05) is 20.3 Å². The molecule has 25 heavy (non-hydrogen) atoms. The Balaban J connectivity index is 1.57. The van der Waals surface area contributed by atoms with E-state index >= 15 is 0 Å². The highest BCUT2D eigenvalue weighted by Crippen LogP contribution is 2.29. The Morgan fingerprint density at radius 3 is 2.08 bits per heavy atom. The molecule has 132 valence electrons. The molecule has 0 amide bonds. The van der Waals surface area contributed by atoms with Crippen molar-refractivity contribution in [1.82, 2.24) is 0 Å². The number of para-hydroxylation sites is 2. The van der Waals surface area contributed by atoms with Crippen LogP contribution in [0.15, 0.2) is 60.7 Å². The van der Waals surface area contributed by atoms with E-state index < -0.39 is 0 Å². The molecule has 3 rings (SSSR count). The molecule has 2 aromatic rings. The Bertz CT molecular complexity index is 658. The second kappa shape index (κ2) is 8.53. The van der Waals surface area contributed by atoms with E-state index in [1.54, 1.807) is 0 Å². The third-order valence-corrected chi connectivity index (χ3v) is 4.17. The summed E-state index contributed by atoms with van der Waals surface area (Å²) in [6, 6.07) is 19.0. The predicted octanol–water partition coefficient (Wildman–Crippen LogP) is 3.09.